The van der Waals surface area contributed by atoms with Crippen LogP contribution in [0.2, 0.25) is 0 Å². The van der Waals surface area contributed by atoms with Crippen LogP contribution < -0.4 is 5.32 Å². The SMILES string of the molecule is CCC1CC(NCC2CCCC2)CN(C2CCCC2)C1. The lowest BCUT2D eigenvalue weighted by molar-refractivity contribution is 0.0958. The maximum absolute atomic E-state index is 3.94. The molecule has 0 aromatic heterocycles. The third-order valence-electron chi connectivity index (χ3n) is 6.15. The summed E-state index contributed by atoms with van der Waals surface area (Å²) < 4.78 is 0. The molecule has 3 aliphatic rings. The molecule has 2 nitrogen and oxygen atoms in total. The van der Waals surface area contributed by atoms with E-state index < -0.39 is 0 Å². The molecule has 2 atom stereocenters. The normalized spacial score (nSPS) is 34.0. The molecule has 1 N–H and O–H groups in total. The fraction of sp³-hybridized carbons (Fsp3) is 1.00. The maximum Gasteiger partial charge on any atom is 0.0198 e. The molecule has 116 valence electrons. The minimum Gasteiger partial charge on any atom is -0.312 e. The average molecular weight is 278 g/mol. The summed E-state index contributed by atoms with van der Waals surface area (Å²) in [6.45, 7) is 6.38. The minimum atomic E-state index is 0.773. The summed E-state index contributed by atoms with van der Waals surface area (Å²) in [5.74, 6) is 1.92. The summed E-state index contributed by atoms with van der Waals surface area (Å²) >= 11 is 0. The highest BCUT2D eigenvalue weighted by atomic mass is 15.2. The Morgan fingerprint density at radius 1 is 0.900 bits per heavy atom. The molecule has 0 aromatic carbocycles. The molecule has 2 saturated carbocycles. The van der Waals surface area contributed by atoms with E-state index in [0.717, 1.165) is 23.9 Å². The van der Waals surface area contributed by atoms with Gasteiger partial charge in [-0.15, -0.1) is 0 Å². The monoisotopic (exact) mass is 278 g/mol. The molecule has 0 radical (unpaired) electrons. The first kappa shape index (κ1) is 14.8. The molecule has 20 heavy (non-hydrogen) atoms. The van der Waals surface area contributed by atoms with Crippen LogP contribution in [0.5, 0.6) is 0 Å². The Morgan fingerprint density at radius 3 is 2.30 bits per heavy atom. The third kappa shape index (κ3) is 3.76. The first-order valence-electron chi connectivity index (χ1n) is 9.32. The zero-order valence-electron chi connectivity index (χ0n) is 13.4. The number of nitrogens with zero attached hydrogens (tertiary/aromatic N) is 1. The van der Waals surface area contributed by atoms with Crippen LogP contribution in [-0.4, -0.2) is 36.6 Å². The molecule has 0 aromatic rings. The molecular weight excluding hydrogens is 244 g/mol. The van der Waals surface area contributed by atoms with E-state index in [1.807, 2.05) is 0 Å². The van der Waals surface area contributed by atoms with Crippen molar-refractivity contribution < 1.29 is 0 Å². The molecule has 3 fully saturated rings. The molecule has 2 unspecified atom stereocenters. The lowest BCUT2D eigenvalue weighted by atomic mass is 9.90. The first-order valence-corrected chi connectivity index (χ1v) is 9.32. The van der Waals surface area contributed by atoms with E-state index >= 15 is 0 Å². The summed E-state index contributed by atoms with van der Waals surface area (Å²) in [6, 6.07) is 1.69. The zero-order valence-corrected chi connectivity index (χ0v) is 13.4. The Labute approximate surface area is 125 Å². The van der Waals surface area contributed by atoms with Crippen LogP contribution in [0.1, 0.15) is 71.1 Å². The van der Waals surface area contributed by atoms with Gasteiger partial charge in [-0.2, -0.15) is 0 Å². The van der Waals surface area contributed by atoms with Gasteiger partial charge in [0.05, 0.1) is 0 Å². The number of hydrogen-bond donors (Lipinski definition) is 1. The van der Waals surface area contributed by atoms with Gasteiger partial charge in [-0.25, -0.2) is 0 Å². The molecule has 0 amide bonds. The fourth-order valence-corrected chi connectivity index (χ4v) is 4.80. The Balaban J connectivity index is 1.50. The molecule has 2 heteroatoms. The van der Waals surface area contributed by atoms with Crippen molar-refractivity contribution in [2.24, 2.45) is 11.8 Å². The van der Waals surface area contributed by atoms with E-state index in [4.69, 9.17) is 0 Å². The second-order valence-electron chi connectivity index (χ2n) is 7.66. The van der Waals surface area contributed by atoms with Gasteiger partial charge in [-0.3, -0.25) is 4.90 Å². The molecule has 0 spiro atoms. The summed E-state index contributed by atoms with van der Waals surface area (Å²) in [5, 5.41) is 3.94. The van der Waals surface area contributed by atoms with Gasteiger partial charge < -0.3 is 5.32 Å². The second kappa shape index (κ2) is 7.26. The number of piperidine rings is 1. The van der Waals surface area contributed by atoms with Gasteiger partial charge in [0.2, 0.25) is 0 Å². The van der Waals surface area contributed by atoms with Crippen molar-refractivity contribution >= 4 is 0 Å². The van der Waals surface area contributed by atoms with E-state index in [0.29, 0.717) is 0 Å². The Morgan fingerprint density at radius 2 is 1.60 bits per heavy atom. The van der Waals surface area contributed by atoms with Crippen molar-refractivity contribution in [3.05, 3.63) is 0 Å². The van der Waals surface area contributed by atoms with Crippen molar-refractivity contribution in [1.29, 1.82) is 0 Å². The van der Waals surface area contributed by atoms with Crippen molar-refractivity contribution in [1.82, 2.24) is 10.2 Å². The second-order valence-corrected chi connectivity index (χ2v) is 7.66. The van der Waals surface area contributed by atoms with Gasteiger partial charge in [0.15, 0.2) is 0 Å². The van der Waals surface area contributed by atoms with Crippen LogP contribution in [0.15, 0.2) is 0 Å². The van der Waals surface area contributed by atoms with Crippen LogP contribution >= 0.6 is 0 Å². The van der Waals surface area contributed by atoms with E-state index in [2.05, 4.69) is 17.1 Å². The summed E-state index contributed by atoms with van der Waals surface area (Å²) in [4.78, 5) is 2.84. The van der Waals surface area contributed by atoms with E-state index in [-0.39, 0.29) is 0 Å². The highest BCUT2D eigenvalue weighted by molar-refractivity contribution is 4.89. The Kier molecular flexibility index (Phi) is 5.39. The predicted octanol–water partition coefficient (Wildman–Crippen LogP) is 3.81. The van der Waals surface area contributed by atoms with E-state index in [1.165, 1.54) is 83.8 Å². The van der Waals surface area contributed by atoms with E-state index in [1.54, 1.807) is 0 Å². The zero-order chi connectivity index (χ0) is 13.8. The van der Waals surface area contributed by atoms with Gasteiger partial charge in [0.1, 0.15) is 0 Å². The number of rotatable bonds is 5. The topological polar surface area (TPSA) is 15.3 Å². The molecule has 3 rings (SSSR count). The minimum absolute atomic E-state index is 0.773. The lowest BCUT2D eigenvalue weighted by Crippen LogP contribution is -2.52. The number of nitrogens with one attached hydrogen (secondary N) is 1. The summed E-state index contributed by atoms with van der Waals surface area (Å²) in [5.41, 5.74) is 0. The van der Waals surface area contributed by atoms with Crippen molar-refractivity contribution in [3.8, 4) is 0 Å². The smallest absolute Gasteiger partial charge is 0.0198 e. The average Bonchev–Trinajstić information content (AvgIpc) is 3.17. The van der Waals surface area contributed by atoms with Crippen LogP contribution in [0.3, 0.4) is 0 Å². The predicted molar refractivity (Wildman–Crippen MR) is 86.0 cm³/mol. The lowest BCUT2D eigenvalue weighted by Gasteiger charge is -2.41. The fourth-order valence-electron chi connectivity index (χ4n) is 4.80. The van der Waals surface area contributed by atoms with Crippen LogP contribution in [0.4, 0.5) is 0 Å². The van der Waals surface area contributed by atoms with Gasteiger partial charge in [0.25, 0.3) is 0 Å². The number of hydrogen-bond acceptors (Lipinski definition) is 2. The van der Waals surface area contributed by atoms with Crippen LogP contribution in [-0.2, 0) is 0 Å². The van der Waals surface area contributed by atoms with Crippen molar-refractivity contribution in [2.45, 2.75) is 83.2 Å². The highest BCUT2D eigenvalue weighted by Crippen LogP contribution is 2.29. The largest absolute Gasteiger partial charge is 0.312 e. The molecule has 1 saturated heterocycles. The summed E-state index contributed by atoms with van der Waals surface area (Å²) in [7, 11) is 0. The van der Waals surface area contributed by atoms with Gasteiger partial charge in [-0.1, -0.05) is 39.0 Å². The molecule has 1 heterocycles. The van der Waals surface area contributed by atoms with Crippen LogP contribution in [0.25, 0.3) is 0 Å². The molecule has 0 bridgehead atoms. The van der Waals surface area contributed by atoms with Crippen LogP contribution in [0, 0.1) is 11.8 Å². The Bertz CT molecular complexity index is 279. The van der Waals surface area contributed by atoms with Gasteiger partial charge >= 0.3 is 0 Å². The highest BCUT2D eigenvalue weighted by Gasteiger charge is 2.32. The maximum atomic E-state index is 3.94. The number of likely N-dealkylation sites (tertiary alicyclic amines) is 1. The van der Waals surface area contributed by atoms with E-state index in [9.17, 15) is 0 Å². The standard InChI is InChI=1S/C18H34N2/c1-2-15-11-17(19-12-16-7-3-4-8-16)14-20(13-15)18-9-5-6-10-18/h15-19H,2-14H2,1H3. The summed E-state index contributed by atoms with van der Waals surface area (Å²) in [6.07, 6.45) is 14.6. The third-order valence-corrected chi connectivity index (χ3v) is 6.15. The van der Waals surface area contributed by atoms with Gasteiger partial charge in [-0.05, 0) is 50.5 Å². The first-order chi connectivity index (χ1) is 9.85. The Hall–Kier alpha value is -0.0800. The van der Waals surface area contributed by atoms with Gasteiger partial charge in [0, 0.05) is 25.2 Å². The van der Waals surface area contributed by atoms with Crippen molar-refractivity contribution in [2.75, 3.05) is 19.6 Å². The van der Waals surface area contributed by atoms with Crippen molar-refractivity contribution in [3.63, 3.8) is 0 Å². The molecule has 1 aliphatic heterocycles. The quantitative estimate of drug-likeness (QED) is 0.822. The molecular formula is C18H34N2. The molecule has 2 aliphatic carbocycles.